The van der Waals surface area contributed by atoms with Gasteiger partial charge in [0, 0.05) is 27.5 Å². The zero-order valence-electron chi connectivity index (χ0n) is 12.4. The number of nitrogens with one attached hydrogen (secondary N) is 1. The fourth-order valence-electron chi connectivity index (χ4n) is 1.95. The number of hydrogen-bond donors (Lipinski definition) is 1. The van der Waals surface area contributed by atoms with Crippen LogP contribution in [0.3, 0.4) is 0 Å². The molecule has 2 rings (SSSR count). The van der Waals surface area contributed by atoms with Crippen LogP contribution < -0.4 is 5.32 Å². The molecule has 0 bridgehead atoms. The summed E-state index contributed by atoms with van der Waals surface area (Å²) < 4.78 is 0.896. The maximum atomic E-state index is 12.0. The topological polar surface area (TPSA) is 72.2 Å². The molecular formula is C16H15BrN2O3S. The molecule has 0 aromatic heterocycles. The maximum absolute atomic E-state index is 12.0. The van der Waals surface area contributed by atoms with E-state index in [1.54, 1.807) is 12.1 Å². The standard InChI is InChI=1S/C16H15BrN2O3S/c1-11(12-4-2-7-15(8-12)19(21)22)23-10-16(20)18-14-6-3-5-13(17)9-14/h2-9,11H,10H2,1H3,(H,18,20)/t11-/m0/s1. The molecule has 2 aromatic rings. The third kappa shape index (κ3) is 5.37. The fourth-order valence-corrected chi connectivity index (χ4v) is 3.16. The predicted octanol–water partition coefficient (Wildman–Crippen LogP) is 4.79. The van der Waals surface area contributed by atoms with Crippen LogP contribution in [-0.4, -0.2) is 16.6 Å². The second kappa shape index (κ2) is 8.12. The first kappa shape index (κ1) is 17.5. The van der Waals surface area contributed by atoms with E-state index in [9.17, 15) is 14.9 Å². The summed E-state index contributed by atoms with van der Waals surface area (Å²) in [4.78, 5) is 22.4. The molecule has 0 aliphatic heterocycles. The molecule has 0 spiro atoms. The second-order valence-electron chi connectivity index (χ2n) is 4.86. The van der Waals surface area contributed by atoms with Crippen molar-refractivity contribution in [3.8, 4) is 0 Å². The molecule has 0 aliphatic rings. The van der Waals surface area contributed by atoms with Gasteiger partial charge in [0.25, 0.3) is 5.69 Å². The van der Waals surface area contributed by atoms with Gasteiger partial charge in [-0.25, -0.2) is 0 Å². The average molecular weight is 395 g/mol. The predicted molar refractivity (Wildman–Crippen MR) is 96.7 cm³/mol. The normalized spacial score (nSPS) is 11.7. The summed E-state index contributed by atoms with van der Waals surface area (Å²) in [5, 5.41) is 13.6. The monoisotopic (exact) mass is 394 g/mol. The number of anilines is 1. The molecule has 23 heavy (non-hydrogen) atoms. The third-order valence-electron chi connectivity index (χ3n) is 3.12. The van der Waals surface area contributed by atoms with Gasteiger partial charge >= 0.3 is 0 Å². The van der Waals surface area contributed by atoms with Gasteiger partial charge in [-0.2, -0.15) is 0 Å². The smallest absolute Gasteiger partial charge is 0.269 e. The molecule has 0 radical (unpaired) electrons. The molecular weight excluding hydrogens is 380 g/mol. The van der Waals surface area contributed by atoms with Gasteiger partial charge in [-0.1, -0.05) is 34.1 Å². The van der Waals surface area contributed by atoms with Gasteiger partial charge in [-0.15, -0.1) is 11.8 Å². The number of carbonyl (C=O) groups excluding carboxylic acids is 1. The van der Waals surface area contributed by atoms with Crippen LogP contribution in [0.4, 0.5) is 11.4 Å². The minimum absolute atomic E-state index is 0.0110. The highest BCUT2D eigenvalue weighted by atomic mass is 79.9. The Balaban J connectivity index is 1.91. The van der Waals surface area contributed by atoms with E-state index < -0.39 is 4.92 Å². The number of nitrogens with zero attached hydrogens (tertiary/aromatic N) is 1. The van der Waals surface area contributed by atoms with E-state index in [4.69, 9.17) is 0 Å². The molecule has 0 saturated heterocycles. The number of thioether (sulfide) groups is 1. The number of benzene rings is 2. The van der Waals surface area contributed by atoms with E-state index >= 15 is 0 Å². The molecule has 1 N–H and O–H groups in total. The minimum atomic E-state index is -0.416. The summed E-state index contributed by atoms with van der Waals surface area (Å²) in [6, 6.07) is 13.9. The van der Waals surface area contributed by atoms with Crippen molar-refractivity contribution >= 4 is 45.0 Å². The number of amides is 1. The Kier molecular flexibility index (Phi) is 6.18. The quantitative estimate of drug-likeness (QED) is 0.564. The third-order valence-corrected chi connectivity index (χ3v) is 4.82. The van der Waals surface area contributed by atoms with Gasteiger partial charge in [0.05, 0.1) is 10.7 Å². The molecule has 7 heteroatoms. The van der Waals surface area contributed by atoms with Crippen LogP contribution in [0.5, 0.6) is 0 Å². The van der Waals surface area contributed by atoms with Gasteiger partial charge < -0.3 is 5.32 Å². The number of nitro benzene ring substituents is 1. The Bertz CT molecular complexity index is 724. The highest BCUT2D eigenvalue weighted by Crippen LogP contribution is 2.30. The zero-order valence-corrected chi connectivity index (χ0v) is 14.8. The Labute approximate surface area is 146 Å². The highest BCUT2D eigenvalue weighted by molar-refractivity contribution is 9.10. The van der Waals surface area contributed by atoms with Crippen molar-refractivity contribution in [2.75, 3.05) is 11.1 Å². The Morgan fingerprint density at radius 3 is 2.74 bits per heavy atom. The van der Waals surface area contributed by atoms with Crippen LogP contribution in [0.25, 0.3) is 0 Å². The Morgan fingerprint density at radius 2 is 2.04 bits per heavy atom. The lowest BCUT2D eigenvalue weighted by Crippen LogP contribution is -2.14. The number of non-ortho nitro benzene ring substituents is 1. The first-order valence-electron chi connectivity index (χ1n) is 6.87. The number of nitro groups is 1. The van der Waals surface area contributed by atoms with Crippen molar-refractivity contribution in [1.29, 1.82) is 0 Å². The number of halogens is 1. The van der Waals surface area contributed by atoms with E-state index in [1.165, 1.54) is 17.8 Å². The van der Waals surface area contributed by atoms with Crippen molar-refractivity contribution in [2.24, 2.45) is 0 Å². The molecule has 0 saturated carbocycles. The SMILES string of the molecule is C[C@H](SCC(=O)Nc1cccc(Br)c1)c1cccc([N+](=O)[O-])c1. The average Bonchev–Trinajstić information content (AvgIpc) is 2.52. The molecule has 0 aliphatic carbocycles. The summed E-state index contributed by atoms with van der Waals surface area (Å²) in [5.74, 6) is 0.168. The summed E-state index contributed by atoms with van der Waals surface area (Å²) >= 11 is 4.79. The first-order chi connectivity index (χ1) is 11.0. The summed E-state index contributed by atoms with van der Waals surface area (Å²) in [7, 11) is 0. The van der Waals surface area contributed by atoms with Crippen LogP contribution in [-0.2, 0) is 4.79 Å². The number of carbonyl (C=O) groups is 1. The zero-order chi connectivity index (χ0) is 16.8. The van der Waals surface area contributed by atoms with E-state index in [0.29, 0.717) is 0 Å². The van der Waals surface area contributed by atoms with Crippen LogP contribution in [0.2, 0.25) is 0 Å². The molecule has 5 nitrogen and oxygen atoms in total. The van der Waals surface area contributed by atoms with Crippen molar-refractivity contribution < 1.29 is 9.72 Å². The van der Waals surface area contributed by atoms with Crippen molar-refractivity contribution in [1.82, 2.24) is 0 Å². The van der Waals surface area contributed by atoms with E-state index in [-0.39, 0.29) is 22.6 Å². The number of rotatable bonds is 6. The molecule has 1 amide bonds. The minimum Gasteiger partial charge on any atom is -0.325 e. The summed E-state index contributed by atoms with van der Waals surface area (Å²) in [6.45, 7) is 1.93. The van der Waals surface area contributed by atoms with E-state index in [1.807, 2.05) is 37.3 Å². The molecule has 0 unspecified atom stereocenters. The first-order valence-corrected chi connectivity index (χ1v) is 8.71. The van der Waals surface area contributed by atoms with Crippen molar-refractivity contribution in [2.45, 2.75) is 12.2 Å². The highest BCUT2D eigenvalue weighted by Gasteiger charge is 2.13. The van der Waals surface area contributed by atoms with E-state index in [0.717, 1.165) is 15.7 Å². The van der Waals surface area contributed by atoms with Crippen LogP contribution in [0, 0.1) is 10.1 Å². The molecule has 0 heterocycles. The Morgan fingerprint density at radius 1 is 1.30 bits per heavy atom. The lowest BCUT2D eigenvalue weighted by Gasteiger charge is -2.11. The molecule has 1 atom stereocenters. The lowest BCUT2D eigenvalue weighted by molar-refractivity contribution is -0.384. The van der Waals surface area contributed by atoms with Crippen molar-refractivity contribution in [3.05, 3.63) is 68.7 Å². The van der Waals surface area contributed by atoms with Crippen LogP contribution >= 0.6 is 27.7 Å². The van der Waals surface area contributed by atoms with Gasteiger partial charge in [0.1, 0.15) is 0 Å². The van der Waals surface area contributed by atoms with Gasteiger partial charge in [-0.05, 0) is 30.7 Å². The van der Waals surface area contributed by atoms with Gasteiger partial charge in [0.2, 0.25) is 5.91 Å². The lowest BCUT2D eigenvalue weighted by atomic mass is 10.1. The van der Waals surface area contributed by atoms with Crippen LogP contribution in [0.15, 0.2) is 53.0 Å². The van der Waals surface area contributed by atoms with Gasteiger partial charge in [-0.3, -0.25) is 14.9 Å². The van der Waals surface area contributed by atoms with Crippen molar-refractivity contribution in [3.63, 3.8) is 0 Å². The number of hydrogen-bond acceptors (Lipinski definition) is 4. The molecule has 120 valence electrons. The Hall–Kier alpha value is -1.86. The molecule has 2 aromatic carbocycles. The van der Waals surface area contributed by atoms with Crippen LogP contribution in [0.1, 0.15) is 17.7 Å². The second-order valence-corrected chi connectivity index (χ2v) is 7.11. The largest absolute Gasteiger partial charge is 0.325 e. The summed E-state index contributed by atoms with van der Waals surface area (Å²) in [6.07, 6.45) is 0. The van der Waals surface area contributed by atoms with Gasteiger partial charge in [0.15, 0.2) is 0 Å². The molecule has 0 fully saturated rings. The summed E-state index contributed by atoms with van der Waals surface area (Å²) in [5.41, 5.74) is 1.63. The maximum Gasteiger partial charge on any atom is 0.269 e. The fraction of sp³-hybridized carbons (Fsp3) is 0.188. The van der Waals surface area contributed by atoms with E-state index in [2.05, 4.69) is 21.2 Å².